The van der Waals surface area contributed by atoms with Gasteiger partial charge in [-0.05, 0) is 36.4 Å². The maximum atomic E-state index is 12.6. The van der Waals surface area contributed by atoms with Crippen molar-refractivity contribution in [2.45, 2.75) is 18.6 Å². The summed E-state index contributed by atoms with van der Waals surface area (Å²) in [5.74, 6) is -0.487. The van der Waals surface area contributed by atoms with Crippen LogP contribution in [-0.2, 0) is 9.47 Å². The summed E-state index contributed by atoms with van der Waals surface area (Å²) in [4.78, 5) is 14.5. The van der Waals surface area contributed by atoms with Gasteiger partial charge in [0.25, 0.3) is 5.91 Å². The van der Waals surface area contributed by atoms with Crippen LogP contribution in [0.25, 0.3) is 5.69 Å². The van der Waals surface area contributed by atoms with E-state index in [0.29, 0.717) is 31.5 Å². The summed E-state index contributed by atoms with van der Waals surface area (Å²) in [6.45, 7) is 1.28. The minimum Gasteiger partial charge on any atom is -0.353 e. The second-order valence-corrected chi connectivity index (χ2v) is 5.75. The number of benzene rings is 1. The average molecular weight is 314 g/mol. The Kier molecular flexibility index (Phi) is 4.50. The standard InChI is InChI=1S/C18H22N2O3/c1-22-18(23-2)9-13-20(14-10-18)17(21)15-5-7-16(8-6-15)19-11-3-4-12-19/h3-8,11-12H,9-10,13-14H2,1-2H3. The quantitative estimate of drug-likeness (QED) is 0.815. The molecule has 0 atom stereocenters. The lowest BCUT2D eigenvalue weighted by Crippen LogP contribution is -2.48. The molecule has 5 heteroatoms. The lowest BCUT2D eigenvalue weighted by molar-refractivity contribution is -0.226. The molecule has 1 aromatic carbocycles. The normalized spacial score (nSPS) is 17.2. The molecule has 0 spiro atoms. The Labute approximate surface area is 136 Å². The van der Waals surface area contributed by atoms with Crippen LogP contribution >= 0.6 is 0 Å². The van der Waals surface area contributed by atoms with Crippen LogP contribution in [0.2, 0.25) is 0 Å². The van der Waals surface area contributed by atoms with Gasteiger partial charge in [-0.2, -0.15) is 0 Å². The number of ether oxygens (including phenoxy) is 2. The lowest BCUT2D eigenvalue weighted by atomic mass is 10.0. The first-order chi connectivity index (χ1) is 11.2. The van der Waals surface area contributed by atoms with Crippen molar-refractivity contribution in [1.29, 1.82) is 0 Å². The largest absolute Gasteiger partial charge is 0.353 e. The molecule has 1 amide bonds. The molecule has 5 nitrogen and oxygen atoms in total. The third-order valence-corrected chi connectivity index (χ3v) is 4.57. The molecule has 1 fully saturated rings. The number of carbonyl (C=O) groups excluding carboxylic acids is 1. The van der Waals surface area contributed by atoms with Crippen LogP contribution in [0.5, 0.6) is 0 Å². The second kappa shape index (κ2) is 6.56. The van der Waals surface area contributed by atoms with Crippen molar-refractivity contribution >= 4 is 5.91 Å². The van der Waals surface area contributed by atoms with Crippen molar-refractivity contribution in [3.8, 4) is 5.69 Å². The van der Waals surface area contributed by atoms with Crippen LogP contribution in [0.1, 0.15) is 23.2 Å². The van der Waals surface area contributed by atoms with Gasteiger partial charge >= 0.3 is 0 Å². The molecule has 23 heavy (non-hydrogen) atoms. The first-order valence-corrected chi connectivity index (χ1v) is 7.80. The molecule has 1 aromatic heterocycles. The van der Waals surface area contributed by atoms with Gasteiger partial charge in [-0.15, -0.1) is 0 Å². The predicted molar refractivity (Wildman–Crippen MR) is 87.7 cm³/mol. The maximum absolute atomic E-state index is 12.6. The molecule has 1 saturated heterocycles. The Morgan fingerprint density at radius 3 is 2.09 bits per heavy atom. The number of hydrogen-bond donors (Lipinski definition) is 0. The Morgan fingerprint density at radius 1 is 1.00 bits per heavy atom. The van der Waals surface area contributed by atoms with Crippen molar-refractivity contribution in [2.24, 2.45) is 0 Å². The summed E-state index contributed by atoms with van der Waals surface area (Å²) in [7, 11) is 3.31. The number of piperidine rings is 1. The molecular weight excluding hydrogens is 292 g/mol. The fraction of sp³-hybridized carbons (Fsp3) is 0.389. The van der Waals surface area contributed by atoms with E-state index in [9.17, 15) is 4.79 Å². The predicted octanol–water partition coefficient (Wildman–Crippen LogP) is 2.70. The SMILES string of the molecule is COC1(OC)CCN(C(=O)c2ccc(-n3cccc3)cc2)CC1. The van der Waals surface area contributed by atoms with Crippen molar-refractivity contribution in [3.05, 3.63) is 54.4 Å². The van der Waals surface area contributed by atoms with E-state index in [4.69, 9.17) is 9.47 Å². The number of carbonyl (C=O) groups is 1. The molecular formula is C18H22N2O3. The van der Waals surface area contributed by atoms with E-state index in [0.717, 1.165) is 5.69 Å². The summed E-state index contributed by atoms with van der Waals surface area (Å²) >= 11 is 0. The van der Waals surface area contributed by atoms with Crippen LogP contribution in [0.3, 0.4) is 0 Å². The Balaban J connectivity index is 1.67. The summed E-state index contributed by atoms with van der Waals surface area (Å²) in [6, 6.07) is 11.6. The third kappa shape index (κ3) is 3.16. The van der Waals surface area contributed by atoms with E-state index in [-0.39, 0.29) is 5.91 Å². The molecule has 122 valence electrons. The molecule has 2 aromatic rings. The smallest absolute Gasteiger partial charge is 0.253 e. The maximum Gasteiger partial charge on any atom is 0.253 e. The number of methoxy groups -OCH3 is 2. The van der Waals surface area contributed by atoms with Crippen molar-refractivity contribution in [3.63, 3.8) is 0 Å². The Morgan fingerprint density at radius 2 is 1.57 bits per heavy atom. The molecule has 0 bridgehead atoms. The van der Waals surface area contributed by atoms with E-state index in [1.807, 2.05) is 58.3 Å². The summed E-state index contributed by atoms with van der Waals surface area (Å²) in [5.41, 5.74) is 1.76. The molecule has 1 aliphatic heterocycles. The van der Waals surface area contributed by atoms with Gasteiger partial charge in [-0.25, -0.2) is 0 Å². The van der Waals surface area contributed by atoms with Crippen molar-refractivity contribution < 1.29 is 14.3 Å². The first-order valence-electron chi connectivity index (χ1n) is 7.80. The highest BCUT2D eigenvalue weighted by atomic mass is 16.7. The van der Waals surface area contributed by atoms with Gasteiger partial charge in [0.15, 0.2) is 5.79 Å². The van der Waals surface area contributed by atoms with Gasteiger partial charge in [0.2, 0.25) is 0 Å². The summed E-state index contributed by atoms with van der Waals surface area (Å²) < 4.78 is 12.9. The zero-order valence-corrected chi connectivity index (χ0v) is 13.6. The minimum absolute atomic E-state index is 0.0601. The number of nitrogens with zero attached hydrogens (tertiary/aromatic N) is 2. The van der Waals surface area contributed by atoms with Gasteiger partial charge in [0, 0.05) is 63.8 Å². The van der Waals surface area contributed by atoms with E-state index < -0.39 is 5.79 Å². The number of likely N-dealkylation sites (tertiary alicyclic amines) is 1. The zero-order chi connectivity index (χ0) is 16.3. The fourth-order valence-corrected chi connectivity index (χ4v) is 3.01. The third-order valence-electron chi connectivity index (χ3n) is 4.57. The highest BCUT2D eigenvalue weighted by Gasteiger charge is 2.36. The van der Waals surface area contributed by atoms with Crippen LogP contribution in [0, 0.1) is 0 Å². The van der Waals surface area contributed by atoms with Gasteiger partial charge in [-0.1, -0.05) is 0 Å². The highest BCUT2D eigenvalue weighted by molar-refractivity contribution is 5.94. The topological polar surface area (TPSA) is 43.7 Å². The van der Waals surface area contributed by atoms with Crippen LogP contribution < -0.4 is 0 Å². The van der Waals surface area contributed by atoms with Crippen LogP contribution in [0.15, 0.2) is 48.8 Å². The second-order valence-electron chi connectivity index (χ2n) is 5.75. The minimum atomic E-state index is -0.547. The molecule has 1 aliphatic rings. The Bertz CT molecular complexity index is 635. The molecule has 2 heterocycles. The highest BCUT2D eigenvalue weighted by Crippen LogP contribution is 2.27. The molecule has 0 saturated carbocycles. The molecule has 0 N–H and O–H groups in total. The van der Waals surface area contributed by atoms with Gasteiger partial charge < -0.3 is 18.9 Å². The lowest BCUT2D eigenvalue weighted by Gasteiger charge is -2.39. The fourth-order valence-electron chi connectivity index (χ4n) is 3.01. The van der Waals surface area contributed by atoms with Crippen molar-refractivity contribution in [1.82, 2.24) is 9.47 Å². The Hall–Kier alpha value is -2.11. The average Bonchev–Trinajstić information content (AvgIpc) is 3.16. The van der Waals surface area contributed by atoms with Gasteiger partial charge in [0.1, 0.15) is 0 Å². The van der Waals surface area contributed by atoms with E-state index in [1.54, 1.807) is 14.2 Å². The van der Waals surface area contributed by atoms with Crippen LogP contribution in [-0.4, -0.2) is 48.5 Å². The molecule has 0 unspecified atom stereocenters. The van der Waals surface area contributed by atoms with Crippen LogP contribution in [0.4, 0.5) is 0 Å². The van der Waals surface area contributed by atoms with Gasteiger partial charge in [0.05, 0.1) is 0 Å². The van der Waals surface area contributed by atoms with E-state index in [1.165, 1.54) is 0 Å². The van der Waals surface area contributed by atoms with E-state index in [2.05, 4.69) is 0 Å². The number of amides is 1. The summed E-state index contributed by atoms with van der Waals surface area (Å²) in [6.07, 6.45) is 5.34. The number of aromatic nitrogens is 1. The number of rotatable bonds is 4. The zero-order valence-electron chi connectivity index (χ0n) is 13.6. The van der Waals surface area contributed by atoms with Gasteiger partial charge in [-0.3, -0.25) is 4.79 Å². The molecule has 0 aliphatic carbocycles. The number of hydrogen-bond acceptors (Lipinski definition) is 3. The van der Waals surface area contributed by atoms with E-state index >= 15 is 0 Å². The first kappa shape index (κ1) is 15.8. The molecule has 0 radical (unpaired) electrons. The van der Waals surface area contributed by atoms with Crippen molar-refractivity contribution in [2.75, 3.05) is 27.3 Å². The summed E-state index contributed by atoms with van der Waals surface area (Å²) in [5, 5.41) is 0. The molecule has 3 rings (SSSR count). The monoisotopic (exact) mass is 314 g/mol.